The molecule has 1 aromatic heterocycles. The number of furan rings is 1. The number of benzene rings is 5. The first-order chi connectivity index (χ1) is 19.0. The molecule has 0 saturated heterocycles. The largest absolute Gasteiger partial charge is 0.456 e. The summed E-state index contributed by atoms with van der Waals surface area (Å²) in [6.45, 7) is 6.90. The SMILES string of the molecule is CC(C)(C)c1cc2c3c4c(ccc3c1)C(c1ccccc1)=CC(c1cccc3c1oc1ccccc13)C4C=C2. The van der Waals surface area contributed by atoms with Crippen LogP contribution in [-0.2, 0) is 5.41 Å². The summed E-state index contributed by atoms with van der Waals surface area (Å²) in [5.41, 5.74) is 11.4. The average Bonchev–Trinajstić information content (AvgIpc) is 3.34. The summed E-state index contributed by atoms with van der Waals surface area (Å²) in [7, 11) is 0. The van der Waals surface area contributed by atoms with Crippen LogP contribution in [-0.4, -0.2) is 0 Å². The van der Waals surface area contributed by atoms with Crippen LogP contribution in [0.4, 0.5) is 0 Å². The summed E-state index contributed by atoms with van der Waals surface area (Å²) in [6, 6.07) is 35.4. The van der Waals surface area contributed by atoms with Gasteiger partial charge in [-0.15, -0.1) is 0 Å². The summed E-state index contributed by atoms with van der Waals surface area (Å²) >= 11 is 0. The molecule has 0 radical (unpaired) electrons. The number of allylic oxidation sites excluding steroid dienone is 2. The molecule has 0 spiro atoms. The van der Waals surface area contributed by atoms with Gasteiger partial charge in [-0.25, -0.2) is 0 Å². The second kappa shape index (κ2) is 8.07. The summed E-state index contributed by atoms with van der Waals surface area (Å²) in [5.74, 6) is 0.400. The van der Waals surface area contributed by atoms with Crippen molar-refractivity contribution >= 4 is 44.4 Å². The Morgan fingerprint density at radius 3 is 2.36 bits per heavy atom. The molecular formula is C38H30O. The van der Waals surface area contributed by atoms with E-state index in [4.69, 9.17) is 4.42 Å². The van der Waals surface area contributed by atoms with E-state index in [1.54, 1.807) is 0 Å². The zero-order valence-electron chi connectivity index (χ0n) is 22.5. The lowest BCUT2D eigenvalue weighted by Gasteiger charge is -2.35. The maximum absolute atomic E-state index is 6.56. The second-order valence-electron chi connectivity index (χ2n) is 12.1. The highest BCUT2D eigenvalue weighted by Gasteiger charge is 2.35. The predicted octanol–water partition coefficient (Wildman–Crippen LogP) is 10.4. The van der Waals surface area contributed by atoms with Crippen LogP contribution in [0.25, 0.3) is 44.4 Å². The van der Waals surface area contributed by atoms with Crippen LogP contribution in [0.5, 0.6) is 0 Å². The van der Waals surface area contributed by atoms with Crippen LogP contribution in [0.15, 0.2) is 114 Å². The Bertz CT molecular complexity index is 1990. The van der Waals surface area contributed by atoms with Gasteiger partial charge in [-0.3, -0.25) is 0 Å². The van der Waals surface area contributed by atoms with Crippen molar-refractivity contribution < 1.29 is 4.42 Å². The Morgan fingerprint density at radius 1 is 0.718 bits per heavy atom. The first-order valence-corrected chi connectivity index (χ1v) is 13.9. The lowest BCUT2D eigenvalue weighted by atomic mass is 9.68. The van der Waals surface area contributed by atoms with Crippen molar-refractivity contribution in [2.75, 3.05) is 0 Å². The molecule has 1 heteroatoms. The van der Waals surface area contributed by atoms with Crippen molar-refractivity contribution in [1.82, 2.24) is 0 Å². The second-order valence-corrected chi connectivity index (χ2v) is 12.1. The number of rotatable bonds is 2. The number of para-hydroxylation sites is 2. The third kappa shape index (κ3) is 3.32. The Morgan fingerprint density at radius 2 is 1.51 bits per heavy atom. The van der Waals surface area contributed by atoms with E-state index in [1.807, 2.05) is 0 Å². The van der Waals surface area contributed by atoms with Gasteiger partial charge >= 0.3 is 0 Å². The Balaban J connectivity index is 1.43. The van der Waals surface area contributed by atoms with Crippen molar-refractivity contribution in [3.8, 4) is 0 Å². The molecule has 39 heavy (non-hydrogen) atoms. The molecule has 0 N–H and O–H groups in total. The Hall–Kier alpha value is -4.36. The molecule has 1 nitrogen and oxygen atoms in total. The van der Waals surface area contributed by atoms with Crippen LogP contribution in [0, 0.1) is 0 Å². The molecule has 6 aromatic rings. The first kappa shape index (κ1) is 22.6. The fourth-order valence-electron chi connectivity index (χ4n) is 6.83. The van der Waals surface area contributed by atoms with Crippen molar-refractivity contribution in [3.63, 3.8) is 0 Å². The fraction of sp³-hybridized carbons (Fsp3) is 0.158. The van der Waals surface area contributed by atoms with E-state index in [1.165, 1.54) is 60.5 Å². The molecule has 0 bridgehead atoms. The molecule has 2 aliphatic carbocycles. The maximum Gasteiger partial charge on any atom is 0.139 e. The van der Waals surface area contributed by atoms with Gasteiger partial charge in [0.15, 0.2) is 0 Å². The number of hydrogen-bond acceptors (Lipinski definition) is 1. The van der Waals surface area contributed by atoms with Crippen molar-refractivity contribution in [2.45, 2.75) is 38.0 Å². The lowest BCUT2D eigenvalue weighted by molar-refractivity contribution is 0.591. The number of fused-ring (bicyclic) bond motifs is 3. The Kier molecular flexibility index (Phi) is 4.68. The maximum atomic E-state index is 6.56. The summed E-state index contributed by atoms with van der Waals surface area (Å²) in [4.78, 5) is 0. The summed E-state index contributed by atoms with van der Waals surface area (Å²) in [6.07, 6.45) is 7.30. The van der Waals surface area contributed by atoms with Crippen molar-refractivity contribution in [3.05, 3.63) is 143 Å². The number of hydrogen-bond donors (Lipinski definition) is 0. The Labute approximate surface area is 229 Å². The molecule has 0 fully saturated rings. The summed E-state index contributed by atoms with van der Waals surface area (Å²) < 4.78 is 6.56. The van der Waals surface area contributed by atoms with Gasteiger partial charge < -0.3 is 4.42 Å². The van der Waals surface area contributed by atoms with Gasteiger partial charge in [0.1, 0.15) is 11.2 Å². The minimum atomic E-state index is 0.0971. The highest BCUT2D eigenvalue weighted by Crippen LogP contribution is 2.53. The van der Waals surface area contributed by atoms with Gasteiger partial charge in [0, 0.05) is 28.2 Å². The molecular weight excluding hydrogens is 472 g/mol. The van der Waals surface area contributed by atoms with Gasteiger partial charge in [-0.05, 0) is 55.6 Å². The van der Waals surface area contributed by atoms with Gasteiger partial charge in [0.25, 0.3) is 0 Å². The van der Waals surface area contributed by atoms with E-state index >= 15 is 0 Å². The first-order valence-electron chi connectivity index (χ1n) is 13.9. The highest BCUT2D eigenvalue weighted by molar-refractivity contribution is 6.07. The van der Waals surface area contributed by atoms with Crippen LogP contribution in [0.1, 0.15) is 66.0 Å². The molecule has 5 aromatic carbocycles. The zero-order valence-corrected chi connectivity index (χ0v) is 22.5. The lowest BCUT2D eigenvalue weighted by Crippen LogP contribution is -2.19. The van der Waals surface area contributed by atoms with E-state index in [0.717, 1.165) is 11.2 Å². The predicted molar refractivity (Wildman–Crippen MR) is 164 cm³/mol. The molecule has 0 amide bonds. The van der Waals surface area contributed by atoms with Crippen molar-refractivity contribution in [2.24, 2.45) is 0 Å². The molecule has 188 valence electrons. The smallest absolute Gasteiger partial charge is 0.139 e. The fourth-order valence-corrected chi connectivity index (χ4v) is 6.83. The van der Waals surface area contributed by atoms with Crippen LogP contribution in [0.2, 0.25) is 0 Å². The average molecular weight is 503 g/mol. The van der Waals surface area contributed by atoms with Crippen molar-refractivity contribution in [1.29, 1.82) is 0 Å². The van der Waals surface area contributed by atoms with E-state index in [2.05, 4.69) is 136 Å². The van der Waals surface area contributed by atoms with Gasteiger partial charge in [-0.2, -0.15) is 0 Å². The highest BCUT2D eigenvalue weighted by atomic mass is 16.3. The molecule has 0 saturated carbocycles. The molecule has 2 unspecified atom stereocenters. The quantitative estimate of drug-likeness (QED) is 0.229. The van der Waals surface area contributed by atoms with E-state index in [9.17, 15) is 0 Å². The minimum Gasteiger partial charge on any atom is -0.456 e. The van der Waals surface area contributed by atoms with Crippen LogP contribution < -0.4 is 0 Å². The van der Waals surface area contributed by atoms with E-state index in [0.29, 0.717) is 0 Å². The third-order valence-electron chi connectivity index (χ3n) is 8.77. The van der Waals surface area contributed by atoms with Gasteiger partial charge in [0.2, 0.25) is 0 Å². The zero-order chi connectivity index (χ0) is 26.3. The van der Waals surface area contributed by atoms with E-state index < -0.39 is 0 Å². The minimum absolute atomic E-state index is 0.0971. The molecule has 2 aliphatic rings. The van der Waals surface area contributed by atoms with Crippen LogP contribution >= 0.6 is 0 Å². The van der Waals surface area contributed by atoms with Gasteiger partial charge in [0.05, 0.1) is 0 Å². The summed E-state index contributed by atoms with van der Waals surface area (Å²) in [5, 5.41) is 5.10. The van der Waals surface area contributed by atoms with Gasteiger partial charge in [-0.1, -0.05) is 130 Å². The molecule has 1 heterocycles. The topological polar surface area (TPSA) is 13.1 Å². The normalized spacial score (nSPS) is 18.2. The standard InChI is InChI=1S/C38H30O/c1-38(2,3)26-20-24-16-18-28-32(23-10-5-4-6-11-23)22-33(29-19-17-25(21-26)35(24)36(28)29)31-14-9-13-30-27-12-7-8-15-34(27)39-37(30)31/h4-22,29,33H,1-3H3. The van der Waals surface area contributed by atoms with Crippen LogP contribution in [0.3, 0.4) is 0 Å². The molecule has 2 atom stereocenters. The third-order valence-corrected chi connectivity index (χ3v) is 8.77. The molecule has 8 rings (SSSR count). The molecule has 0 aliphatic heterocycles. The monoisotopic (exact) mass is 502 g/mol. The van der Waals surface area contributed by atoms with E-state index in [-0.39, 0.29) is 17.3 Å².